The number of carboxylic acid groups (broad SMARTS) is 1. The molecule has 0 radical (unpaired) electrons. The lowest BCUT2D eigenvalue weighted by Gasteiger charge is -2.53. The lowest BCUT2D eigenvalue weighted by Crippen LogP contribution is -2.52. The average Bonchev–Trinajstić information content (AvgIpc) is 2.47. The maximum absolute atomic E-state index is 11.9. The molecule has 2 aliphatic rings. The molecule has 118 valence electrons. The molecule has 2 aliphatic carbocycles. The Morgan fingerprint density at radius 2 is 2.18 bits per heavy atom. The highest BCUT2D eigenvalue weighted by molar-refractivity contribution is 5.75. The van der Waals surface area contributed by atoms with E-state index in [4.69, 9.17) is 0 Å². The lowest BCUT2D eigenvalue weighted by atomic mass is 9.50. The summed E-state index contributed by atoms with van der Waals surface area (Å²) in [4.78, 5) is 11.9. The molecule has 22 heavy (non-hydrogen) atoms. The van der Waals surface area contributed by atoms with Crippen molar-refractivity contribution in [2.75, 3.05) is 0 Å². The van der Waals surface area contributed by atoms with Crippen molar-refractivity contribution in [3.05, 3.63) is 47.5 Å². The summed E-state index contributed by atoms with van der Waals surface area (Å²) in [6.45, 7) is 8.08. The zero-order valence-corrected chi connectivity index (χ0v) is 13.7. The van der Waals surface area contributed by atoms with Gasteiger partial charge in [0.25, 0.3) is 0 Å². The minimum atomic E-state index is -0.616. The Hall–Kier alpha value is -1.57. The van der Waals surface area contributed by atoms with Crippen LogP contribution < -0.4 is 0 Å². The summed E-state index contributed by atoms with van der Waals surface area (Å²) in [5.41, 5.74) is 3.56. The van der Waals surface area contributed by atoms with Crippen LogP contribution >= 0.6 is 0 Å². The SMILES string of the molecule is C=CCc1ccc2c(c1)CC[C@H]1[C@@](C)(C(=O)O)CCC[C@]21C. The van der Waals surface area contributed by atoms with E-state index < -0.39 is 11.4 Å². The van der Waals surface area contributed by atoms with Crippen LogP contribution in [0.15, 0.2) is 30.9 Å². The van der Waals surface area contributed by atoms with Gasteiger partial charge in [0.05, 0.1) is 5.41 Å². The number of carbonyl (C=O) groups is 1. The van der Waals surface area contributed by atoms with Crippen molar-refractivity contribution in [2.45, 2.75) is 57.8 Å². The van der Waals surface area contributed by atoms with Crippen LogP contribution in [0.2, 0.25) is 0 Å². The van der Waals surface area contributed by atoms with Crippen molar-refractivity contribution in [1.29, 1.82) is 0 Å². The Balaban J connectivity index is 2.05. The van der Waals surface area contributed by atoms with Gasteiger partial charge in [-0.2, -0.15) is 0 Å². The van der Waals surface area contributed by atoms with Crippen LogP contribution in [0.3, 0.4) is 0 Å². The Bertz CT molecular complexity index is 618. The number of carboxylic acids is 1. The molecule has 1 fully saturated rings. The molecule has 1 saturated carbocycles. The van der Waals surface area contributed by atoms with E-state index in [1.807, 2.05) is 13.0 Å². The topological polar surface area (TPSA) is 37.3 Å². The number of allylic oxidation sites excluding steroid dienone is 1. The quantitative estimate of drug-likeness (QED) is 0.834. The zero-order chi connectivity index (χ0) is 16.0. The second-order valence-corrected chi connectivity index (χ2v) is 7.57. The first-order valence-corrected chi connectivity index (χ1v) is 8.38. The lowest BCUT2D eigenvalue weighted by molar-refractivity contribution is -0.157. The second kappa shape index (κ2) is 5.26. The number of benzene rings is 1. The predicted molar refractivity (Wildman–Crippen MR) is 89.1 cm³/mol. The van der Waals surface area contributed by atoms with Crippen LogP contribution in [-0.4, -0.2) is 11.1 Å². The first kappa shape index (κ1) is 15.3. The summed E-state index contributed by atoms with van der Waals surface area (Å²) in [5.74, 6) is -0.376. The first-order valence-electron chi connectivity index (χ1n) is 8.38. The highest BCUT2D eigenvalue weighted by Crippen LogP contribution is 2.57. The van der Waals surface area contributed by atoms with Gasteiger partial charge in [0.1, 0.15) is 0 Å². The second-order valence-electron chi connectivity index (χ2n) is 7.57. The first-order chi connectivity index (χ1) is 10.4. The molecule has 1 aromatic carbocycles. The number of aryl methyl sites for hydroxylation is 1. The molecule has 0 heterocycles. The van der Waals surface area contributed by atoms with Gasteiger partial charge in [0.15, 0.2) is 0 Å². The highest BCUT2D eigenvalue weighted by atomic mass is 16.4. The zero-order valence-electron chi connectivity index (χ0n) is 13.7. The minimum absolute atomic E-state index is 0.00564. The van der Waals surface area contributed by atoms with E-state index in [2.05, 4.69) is 31.7 Å². The van der Waals surface area contributed by atoms with Crippen LogP contribution in [-0.2, 0) is 23.1 Å². The van der Waals surface area contributed by atoms with E-state index in [-0.39, 0.29) is 11.3 Å². The minimum Gasteiger partial charge on any atom is -0.481 e. The van der Waals surface area contributed by atoms with Crippen LogP contribution in [0.1, 0.15) is 56.2 Å². The van der Waals surface area contributed by atoms with Gasteiger partial charge in [-0.3, -0.25) is 4.79 Å². The van der Waals surface area contributed by atoms with Crippen molar-refractivity contribution in [1.82, 2.24) is 0 Å². The number of fused-ring (bicyclic) bond motifs is 3. The third-order valence-corrected chi connectivity index (χ3v) is 6.29. The molecule has 1 aromatic rings. The monoisotopic (exact) mass is 298 g/mol. The van der Waals surface area contributed by atoms with E-state index in [0.29, 0.717) is 0 Å². The number of aliphatic carboxylic acids is 1. The summed E-state index contributed by atoms with van der Waals surface area (Å²) >= 11 is 0. The van der Waals surface area contributed by atoms with Gasteiger partial charge in [0.2, 0.25) is 0 Å². The smallest absolute Gasteiger partial charge is 0.309 e. The van der Waals surface area contributed by atoms with Gasteiger partial charge in [0, 0.05) is 0 Å². The van der Waals surface area contributed by atoms with Gasteiger partial charge in [-0.15, -0.1) is 6.58 Å². The summed E-state index contributed by atoms with van der Waals surface area (Å²) in [6, 6.07) is 6.76. The third-order valence-electron chi connectivity index (χ3n) is 6.29. The molecule has 0 aromatic heterocycles. The maximum atomic E-state index is 11.9. The van der Waals surface area contributed by atoms with E-state index in [0.717, 1.165) is 38.5 Å². The Labute approximate surface area is 133 Å². The molecule has 2 heteroatoms. The highest BCUT2D eigenvalue weighted by Gasteiger charge is 2.55. The molecule has 1 N–H and O–H groups in total. The molecule has 0 unspecified atom stereocenters. The Morgan fingerprint density at radius 1 is 1.41 bits per heavy atom. The fourth-order valence-corrected chi connectivity index (χ4v) is 5.09. The number of hydrogen-bond acceptors (Lipinski definition) is 1. The van der Waals surface area contributed by atoms with Crippen molar-refractivity contribution in [2.24, 2.45) is 11.3 Å². The normalized spacial score (nSPS) is 33.6. The fraction of sp³-hybridized carbons (Fsp3) is 0.550. The maximum Gasteiger partial charge on any atom is 0.309 e. The molecule has 3 rings (SSSR count). The predicted octanol–water partition coefficient (Wildman–Crippen LogP) is 4.51. The van der Waals surface area contributed by atoms with Crippen molar-refractivity contribution in [3.63, 3.8) is 0 Å². The molecular formula is C20H26O2. The molecule has 2 nitrogen and oxygen atoms in total. The largest absolute Gasteiger partial charge is 0.481 e. The van der Waals surface area contributed by atoms with Gasteiger partial charge < -0.3 is 5.11 Å². The van der Waals surface area contributed by atoms with E-state index in [1.165, 1.54) is 16.7 Å². The van der Waals surface area contributed by atoms with Gasteiger partial charge in [-0.05, 0) is 67.1 Å². The third kappa shape index (κ3) is 2.12. The van der Waals surface area contributed by atoms with Gasteiger partial charge in [-0.25, -0.2) is 0 Å². The van der Waals surface area contributed by atoms with Crippen molar-refractivity contribution in [3.8, 4) is 0 Å². The van der Waals surface area contributed by atoms with E-state index >= 15 is 0 Å². The molecular weight excluding hydrogens is 272 g/mol. The van der Waals surface area contributed by atoms with Crippen LogP contribution in [0.4, 0.5) is 0 Å². The number of rotatable bonds is 3. The standard InChI is InChI=1S/C20H26O2/c1-4-6-14-7-9-16-15(13-14)8-10-17-19(16,2)11-5-12-20(17,3)18(21)22/h4,7,9,13,17H,1,5-6,8,10-12H2,2-3H3,(H,21,22)/t17-,19-,20+/m1/s1. The summed E-state index contributed by atoms with van der Waals surface area (Å²) < 4.78 is 0. The van der Waals surface area contributed by atoms with E-state index in [9.17, 15) is 9.90 Å². The summed E-state index contributed by atoms with van der Waals surface area (Å²) in [5, 5.41) is 9.80. The molecule has 0 amide bonds. The molecule has 3 atom stereocenters. The average molecular weight is 298 g/mol. The van der Waals surface area contributed by atoms with Crippen molar-refractivity contribution >= 4 is 5.97 Å². The Morgan fingerprint density at radius 3 is 2.86 bits per heavy atom. The summed E-state index contributed by atoms with van der Waals surface area (Å²) in [7, 11) is 0. The Kier molecular flexibility index (Phi) is 3.66. The number of hydrogen-bond donors (Lipinski definition) is 1. The van der Waals surface area contributed by atoms with Gasteiger partial charge in [-0.1, -0.05) is 37.6 Å². The molecule has 0 saturated heterocycles. The van der Waals surface area contributed by atoms with Crippen molar-refractivity contribution < 1.29 is 9.90 Å². The van der Waals surface area contributed by atoms with Crippen LogP contribution in [0.5, 0.6) is 0 Å². The van der Waals surface area contributed by atoms with E-state index in [1.54, 1.807) is 0 Å². The molecule has 0 spiro atoms. The van der Waals surface area contributed by atoms with Crippen LogP contribution in [0, 0.1) is 11.3 Å². The summed E-state index contributed by atoms with van der Waals surface area (Å²) in [6.07, 6.45) is 7.76. The molecule has 0 aliphatic heterocycles. The van der Waals surface area contributed by atoms with Crippen LogP contribution in [0.25, 0.3) is 0 Å². The molecule has 0 bridgehead atoms. The fourth-order valence-electron chi connectivity index (χ4n) is 5.09. The van der Waals surface area contributed by atoms with Gasteiger partial charge >= 0.3 is 5.97 Å².